The molecule has 16 heavy (non-hydrogen) atoms. The number of carbonyl (C=O) groups excluding carboxylic acids is 1. The Kier molecular flexibility index (Phi) is 4.61. The van der Waals surface area contributed by atoms with Gasteiger partial charge in [-0.25, -0.2) is 0 Å². The first kappa shape index (κ1) is 12.8. The number of rotatable bonds is 6. The van der Waals surface area contributed by atoms with Crippen molar-refractivity contribution in [2.24, 2.45) is 0 Å². The maximum absolute atomic E-state index is 10.3. The summed E-state index contributed by atoms with van der Waals surface area (Å²) in [7, 11) is 3.29. The topological polar surface area (TPSA) is 47.6 Å². The van der Waals surface area contributed by atoms with Crippen LogP contribution in [0.25, 0.3) is 0 Å². The van der Waals surface area contributed by atoms with E-state index in [1.165, 1.54) is 11.3 Å². The molecule has 5 heteroatoms. The third-order valence-electron chi connectivity index (χ3n) is 2.42. The van der Waals surface area contributed by atoms with E-state index in [2.05, 4.69) is 5.32 Å². The van der Waals surface area contributed by atoms with E-state index in [0.29, 0.717) is 0 Å². The van der Waals surface area contributed by atoms with Crippen LogP contribution in [-0.4, -0.2) is 26.7 Å². The highest BCUT2D eigenvalue weighted by Gasteiger charge is 2.18. The number of carbonyl (C=O) groups is 1. The average molecular weight is 243 g/mol. The van der Waals surface area contributed by atoms with Crippen molar-refractivity contribution in [2.45, 2.75) is 26.3 Å². The number of nitrogens with one attached hydrogen (secondary N) is 1. The summed E-state index contributed by atoms with van der Waals surface area (Å²) in [4.78, 5) is 10.3. The number of methoxy groups -OCH3 is 2. The third kappa shape index (κ3) is 2.66. The lowest BCUT2D eigenvalue weighted by molar-refractivity contribution is -0.110. The van der Waals surface area contributed by atoms with Gasteiger partial charge >= 0.3 is 0 Å². The third-order valence-corrected chi connectivity index (χ3v) is 3.68. The van der Waals surface area contributed by atoms with Crippen molar-refractivity contribution in [1.82, 2.24) is 5.32 Å². The highest BCUT2D eigenvalue weighted by Crippen LogP contribution is 2.40. The lowest BCUT2D eigenvalue weighted by Crippen LogP contribution is -2.26. The molecule has 1 aromatic heterocycles. The second-order valence-corrected chi connectivity index (χ2v) is 4.52. The number of hydrogen-bond donors (Lipinski definition) is 1. The molecule has 0 aliphatic rings. The Morgan fingerprint density at radius 1 is 1.38 bits per heavy atom. The minimum absolute atomic E-state index is 0.0874. The van der Waals surface area contributed by atoms with Crippen molar-refractivity contribution in [2.75, 3.05) is 14.2 Å². The van der Waals surface area contributed by atoms with Gasteiger partial charge in [-0.15, -0.1) is 0 Å². The zero-order valence-corrected chi connectivity index (χ0v) is 10.8. The molecule has 0 aliphatic carbocycles. The fourth-order valence-corrected chi connectivity index (χ4v) is 2.55. The van der Waals surface area contributed by atoms with Gasteiger partial charge in [0.25, 0.3) is 0 Å². The fourth-order valence-electron chi connectivity index (χ4n) is 1.58. The van der Waals surface area contributed by atoms with Gasteiger partial charge in [0.1, 0.15) is 0 Å². The van der Waals surface area contributed by atoms with Crippen molar-refractivity contribution in [3.8, 4) is 10.1 Å². The van der Waals surface area contributed by atoms with Gasteiger partial charge in [0.05, 0.1) is 14.2 Å². The molecule has 1 N–H and O–H groups in total. The van der Waals surface area contributed by atoms with Gasteiger partial charge < -0.3 is 14.8 Å². The molecule has 1 heterocycles. The van der Waals surface area contributed by atoms with Crippen LogP contribution in [0.1, 0.15) is 18.1 Å². The first-order chi connectivity index (χ1) is 7.63. The van der Waals surface area contributed by atoms with Crippen LogP contribution in [0.4, 0.5) is 0 Å². The molecule has 1 amide bonds. The predicted molar refractivity (Wildman–Crippen MR) is 64.5 cm³/mol. The van der Waals surface area contributed by atoms with Crippen LogP contribution >= 0.6 is 11.3 Å². The van der Waals surface area contributed by atoms with E-state index in [1.54, 1.807) is 14.2 Å². The highest BCUT2D eigenvalue weighted by atomic mass is 32.1. The van der Waals surface area contributed by atoms with Gasteiger partial charge in [0.15, 0.2) is 10.1 Å². The molecule has 0 saturated carbocycles. The minimum atomic E-state index is 0.0874. The molecule has 0 saturated heterocycles. The average Bonchev–Trinajstić information content (AvgIpc) is 2.56. The molecule has 0 aliphatic heterocycles. The summed E-state index contributed by atoms with van der Waals surface area (Å²) in [6.07, 6.45) is 1.46. The molecule has 1 rings (SSSR count). The zero-order chi connectivity index (χ0) is 12.1. The lowest BCUT2D eigenvalue weighted by Gasteiger charge is -2.11. The second-order valence-electron chi connectivity index (χ2n) is 3.58. The molecule has 0 spiro atoms. The molecule has 1 aromatic rings. The van der Waals surface area contributed by atoms with Crippen LogP contribution in [-0.2, 0) is 11.2 Å². The number of amides is 1. The van der Waals surface area contributed by atoms with Crippen molar-refractivity contribution in [1.29, 1.82) is 0 Å². The summed E-state index contributed by atoms with van der Waals surface area (Å²) in [5, 5.41) is 4.45. The normalized spacial score (nSPS) is 12.0. The Hall–Kier alpha value is -1.23. The summed E-state index contributed by atoms with van der Waals surface area (Å²) in [5.74, 6) is 0. The first-order valence-electron chi connectivity index (χ1n) is 5.04. The Morgan fingerprint density at radius 3 is 2.50 bits per heavy atom. The van der Waals surface area contributed by atoms with Gasteiger partial charge in [-0.2, -0.15) is 0 Å². The summed E-state index contributed by atoms with van der Waals surface area (Å²) in [5.41, 5.74) is 2.19. The Morgan fingerprint density at radius 2 is 2.00 bits per heavy atom. The van der Waals surface area contributed by atoms with E-state index in [-0.39, 0.29) is 6.04 Å². The van der Waals surface area contributed by atoms with Crippen molar-refractivity contribution in [3.63, 3.8) is 0 Å². The zero-order valence-electron chi connectivity index (χ0n) is 9.99. The van der Waals surface area contributed by atoms with E-state index in [1.807, 2.05) is 13.8 Å². The van der Waals surface area contributed by atoms with Crippen molar-refractivity contribution < 1.29 is 14.3 Å². The predicted octanol–water partition coefficient (Wildman–Crippen LogP) is 1.75. The van der Waals surface area contributed by atoms with Gasteiger partial charge in [-0.3, -0.25) is 4.79 Å². The number of hydrogen-bond acceptors (Lipinski definition) is 4. The number of thiophene rings is 1. The summed E-state index contributed by atoms with van der Waals surface area (Å²) in [6, 6.07) is 0.0874. The maximum Gasteiger partial charge on any atom is 0.207 e. The molecule has 0 aromatic carbocycles. The van der Waals surface area contributed by atoms with E-state index < -0.39 is 0 Å². The molecule has 0 radical (unpaired) electrons. The maximum atomic E-state index is 10.3. The fraction of sp³-hybridized carbons (Fsp3) is 0.545. The van der Waals surface area contributed by atoms with E-state index in [4.69, 9.17) is 9.47 Å². The van der Waals surface area contributed by atoms with Gasteiger partial charge in [0, 0.05) is 17.2 Å². The highest BCUT2D eigenvalue weighted by molar-refractivity contribution is 7.16. The molecule has 1 atom stereocenters. The van der Waals surface area contributed by atoms with Crippen LogP contribution in [0.15, 0.2) is 0 Å². The Balaban J connectivity index is 2.92. The SMILES string of the molecule is COc1sc(OC)c(CC(C)NC=O)c1C. The van der Waals surface area contributed by atoms with Crippen LogP contribution in [0, 0.1) is 6.92 Å². The van der Waals surface area contributed by atoms with Crippen molar-refractivity contribution >= 4 is 17.7 Å². The van der Waals surface area contributed by atoms with Gasteiger partial charge in [0.2, 0.25) is 6.41 Å². The molecule has 0 fully saturated rings. The van der Waals surface area contributed by atoms with Crippen molar-refractivity contribution in [3.05, 3.63) is 11.1 Å². The van der Waals surface area contributed by atoms with E-state index in [0.717, 1.165) is 34.1 Å². The molecular weight excluding hydrogens is 226 g/mol. The summed E-state index contributed by atoms with van der Waals surface area (Å²) < 4.78 is 10.6. The first-order valence-corrected chi connectivity index (χ1v) is 5.85. The summed E-state index contributed by atoms with van der Waals surface area (Å²) in [6.45, 7) is 3.96. The molecule has 90 valence electrons. The van der Waals surface area contributed by atoms with Gasteiger partial charge in [-0.05, 0) is 20.3 Å². The monoisotopic (exact) mass is 243 g/mol. The van der Waals surface area contributed by atoms with E-state index >= 15 is 0 Å². The largest absolute Gasteiger partial charge is 0.487 e. The van der Waals surface area contributed by atoms with Crippen LogP contribution in [0.5, 0.6) is 10.1 Å². The van der Waals surface area contributed by atoms with Gasteiger partial charge in [-0.1, -0.05) is 11.3 Å². The standard InChI is InChI=1S/C11H17NO3S/c1-7(12-6-13)5-9-8(2)10(14-3)16-11(9)15-4/h6-7H,5H2,1-4H3,(H,12,13). The molecule has 4 nitrogen and oxygen atoms in total. The van der Waals surface area contributed by atoms with Crippen LogP contribution in [0.2, 0.25) is 0 Å². The Labute approximate surface area is 99.6 Å². The quantitative estimate of drug-likeness (QED) is 0.774. The van der Waals surface area contributed by atoms with Crippen LogP contribution < -0.4 is 14.8 Å². The Bertz CT molecular complexity index is 362. The summed E-state index contributed by atoms with van der Waals surface area (Å²) >= 11 is 1.49. The minimum Gasteiger partial charge on any atom is -0.487 e. The lowest BCUT2D eigenvalue weighted by atomic mass is 10.1. The van der Waals surface area contributed by atoms with E-state index in [9.17, 15) is 4.79 Å². The number of ether oxygens (including phenoxy) is 2. The molecule has 0 bridgehead atoms. The molecule has 1 unspecified atom stereocenters. The van der Waals surface area contributed by atoms with Crippen LogP contribution in [0.3, 0.4) is 0 Å². The molecular formula is C11H17NO3S. The second kappa shape index (κ2) is 5.75. The smallest absolute Gasteiger partial charge is 0.207 e.